The number of carbonyl (C=O) groups excluding carboxylic acids is 2. The number of benzene rings is 2. The van der Waals surface area contributed by atoms with E-state index >= 15 is 0 Å². The molecule has 5 aromatic rings. The molecule has 13 heteroatoms. The third kappa shape index (κ3) is 11.1. The van der Waals surface area contributed by atoms with Crippen molar-refractivity contribution >= 4 is 45.7 Å². The zero-order valence-electron chi connectivity index (χ0n) is 35.1. The fourth-order valence-corrected chi connectivity index (χ4v) is 7.97. The Balaban J connectivity index is 1.60. The normalized spacial score (nSPS) is 13.0. The molecule has 1 N–H and O–H groups in total. The lowest BCUT2D eigenvalue weighted by molar-refractivity contribution is 0.0547. The molecule has 3 aromatic heterocycles. The maximum Gasteiger partial charge on any atom is 0.419 e. The van der Waals surface area contributed by atoms with Gasteiger partial charge < -0.3 is 19.2 Å². The highest BCUT2D eigenvalue weighted by Gasteiger charge is 2.30. The molecule has 56 heavy (non-hydrogen) atoms. The van der Waals surface area contributed by atoms with Gasteiger partial charge in [-0.3, -0.25) is 18.8 Å². The van der Waals surface area contributed by atoms with E-state index in [0.29, 0.717) is 35.6 Å². The first-order valence-corrected chi connectivity index (χ1v) is 25.3. The summed E-state index contributed by atoms with van der Waals surface area (Å²) >= 11 is 0. The second-order valence-corrected chi connectivity index (χ2v) is 25.7. The first-order chi connectivity index (χ1) is 26.1. The van der Waals surface area contributed by atoms with Crippen LogP contribution in [0.3, 0.4) is 0 Å². The van der Waals surface area contributed by atoms with E-state index in [1.165, 1.54) is 20.9 Å². The lowest BCUT2D eigenvalue weighted by atomic mass is 9.84. The lowest BCUT2D eigenvalue weighted by Crippen LogP contribution is -2.29. The van der Waals surface area contributed by atoms with E-state index < -0.39 is 34.7 Å². The summed E-state index contributed by atoms with van der Waals surface area (Å²) in [6.07, 6.45) is 3.98. The van der Waals surface area contributed by atoms with Gasteiger partial charge in [0, 0.05) is 32.5 Å². The van der Waals surface area contributed by atoms with Crippen molar-refractivity contribution in [1.29, 1.82) is 0 Å². The van der Waals surface area contributed by atoms with Crippen molar-refractivity contribution in [3.8, 4) is 11.3 Å². The Morgan fingerprint density at radius 2 is 1.64 bits per heavy atom. The number of pyridine rings is 1. The molecule has 299 valence electrons. The van der Waals surface area contributed by atoms with Crippen LogP contribution in [0.1, 0.15) is 74.7 Å². The number of anilines is 1. The molecule has 0 saturated heterocycles. The molecule has 0 aliphatic rings. The number of aryl methyl sites for hydroxylation is 1. The molecule has 0 bridgehead atoms. The number of amides is 1. The minimum absolute atomic E-state index is 0.0338. The van der Waals surface area contributed by atoms with Gasteiger partial charge in [0.1, 0.15) is 12.3 Å². The monoisotopic (exact) mass is 796 g/mol. The number of rotatable bonds is 13. The van der Waals surface area contributed by atoms with Crippen molar-refractivity contribution in [2.45, 2.75) is 112 Å². The minimum atomic E-state index is -1.40. The number of ether oxygens (including phenoxy) is 2. The zero-order valence-corrected chi connectivity index (χ0v) is 37.1. The molecule has 2 aromatic carbocycles. The maximum atomic E-state index is 14.4. The second-order valence-electron chi connectivity index (χ2n) is 18.1. The summed E-state index contributed by atoms with van der Waals surface area (Å²) in [5.74, 6) is -0.394. The van der Waals surface area contributed by atoms with Crippen LogP contribution in [0, 0.1) is 12.3 Å². The average molecular weight is 797 g/mol. The van der Waals surface area contributed by atoms with Gasteiger partial charge in [-0.15, -0.1) is 0 Å². The Morgan fingerprint density at radius 1 is 0.946 bits per heavy atom. The molecule has 0 saturated carbocycles. The molecular formula is C43H58N5O6Si2. The molecular weight excluding hydrogens is 739 g/mol. The summed E-state index contributed by atoms with van der Waals surface area (Å²) in [6, 6.07) is 18.4. The van der Waals surface area contributed by atoms with Gasteiger partial charge in [0.05, 0.1) is 46.9 Å². The molecule has 0 fully saturated rings. The third-order valence-electron chi connectivity index (χ3n) is 9.05. The first-order valence-electron chi connectivity index (χ1n) is 19.2. The van der Waals surface area contributed by atoms with Crippen molar-refractivity contribution in [3.05, 3.63) is 106 Å². The van der Waals surface area contributed by atoms with Crippen molar-refractivity contribution in [2.24, 2.45) is 5.41 Å². The van der Waals surface area contributed by atoms with E-state index in [2.05, 4.69) is 63.9 Å². The summed E-state index contributed by atoms with van der Waals surface area (Å²) in [7, 11) is -2.44. The van der Waals surface area contributed by atoms with E-state index in [-0.39, 0.29) is 29.4 Å². The van der Waals surface area contributed by atoms with Crippen LogP contribution in [0.5, 0.6) is 0 Å². The molecule has 0 aliphatic carbocycles. The Bertz CT molecular complexity index is 2230. The summed E-state index contributed by atoms with van der Waals surface area (Å²) in [6.45, 7) is 25.9. The van der Waals surface area contributed by atoms with Gasteiger partial charge in [0.25, 0.3) is 11.5 Å². The Morgan fingerprint density at radius 3 is 2.27 bits per heavy atom. The van der Waals surface area contributed by atoms with Gasteiger partial charge in [-0.25, -0.2) is 9.36 Å². The molecule has 1 unspecified atom stereocenters. The highest BCUT2D eigenvalue weighted by molar-refractivity contribution is 6.76. The number of hydrogen-bond acceptors (Lipinski definition) is 7. The van der Waals surface area contributed by atoms with Gasteiger partial charge in [-0.1, -0.05) is 76.3 Å². The number of nitrogens with zero attached hydrogens (tertiary/aromatic N) is 4. The number of fused-ring (bicyclic) bond motifs is 1. The van der Waals surface area contributed by atoms with Crippen molar-refractivity contribution in [3.63, 3.8) is 0 Å². The fraction of sp³-hybridized carbons (Fsp3) is 0.442. The van der Waals surface area contributed by atoms with Crippen LogP contribution in [0.4, 0.5) is 10.5 Å². The van der Waals surface area contributed by atoms with Crippen molar-refractivity contribution in [1.82, 2.24) is 18.9 Å². The summed E-state index contributed by atoms with van der Waals surface area (Å²) in [5, 5.41) is 8.14. The number of carbonyl (C=O) groups is 2. The van der Waals surface area contributed by atoms with Crippen LogP contribution >= 0.6 is 0 Å². The highest BCUT2D eigenvalue weighted by Crippen LogP contribution is 2.39. The van der Waals surface area contributed by atoms with Crippen LogP contribution in [0.2, 0.25) is 38.8 Å². The van der Waals surface area contributed by atoms with Crippen molar-refractivity contribution in [2.75, 3.05) is 11.9 Å². The summed E-state index contributed by atoms with van der Waals surface area (Å²) in [4.78, 5) is 42.2. The molecule has 1 amide bonds. The van der Waals surface area contributed by atoms with Gasteiger partial charge in [0.15, 0.2) is 0 Å². The van der Waals surface area contributed by atoms with Crippen LogP contribution in [0.25, 0.3) is 22.2 Å². The van der Waals surface area contributed by atoms with Crippen LogP contribution in [0.15, 0.2) is 78.0 Å². The quantitative estimate of drug-likeness (QED) is 0.0931. The van der Waals surface area contributed by atoms with Gasteiger partial charge >= 0.3 is 6.09 Å². The predicted octanol–water partition coefficient (Wildman–Crippen LogP) is 9.73. The largest absolute Gasteiger partial charge is 0.443 e. The Kier molecular flexibility index (Phi) is 12.8. The number of aromatic nitrogens is 4. The molecule has 0 spiro atoms. The highest BCUT2D eigenvalue weighted by atomic mass is 28.3. The smallest absolute Gasteiger partial charge is 0.419 e. The fourth-order valence-electron chi connectivity index (χ4n) is 6.26. The van der Waals surface area contributed by atoms with E-state index in [4.69, 9.17) is 13.9 Å². The second kappa shape index (κ2) is 16.9. The molecule has 3 heterocycles. The van der Waals surface area contributed by atoms with Crippen molar-refractivity contribution < 1.29 is 23.5 Å². The number of nitrogens with one attached hydrogen (secondary N) is 1. The zero-order chi connectivity index (χ0) is 41.2. The van der Waals surface area contributed by atoms with E-state index in [0.717, 1.165) is 22.6 Å². The maximum absolute atomic E-state index is 14.4. The molecule has 5 rings (SSSR count). The van der Waals surface area contributed by atoms with Gasteiger partial charge in [-0.2, -0.15) is 5.10 Å². The molecule has 11 nitrogen and oxygen atoms in total. The Hall–Kier alpha value is -4.57. The average Bonchev–Trinajstić information content (AvgIpc) is 3.70. The molecule has 1 radical (unpaired) electrons. The van der Waals surface area contributed by atoms with Gasteiger partial charge in [-0.05, 0) is 87.6 Å². The van der Waals surface area contributed by atoms with E-state index in [1.54, 1.807) is 43.9 Å². The molecule has 0 aliphatic heterocycles. The third-order valence-corrected chi connectivity index (χ3v) is 11.5. The minimum Gasteiger partial charge on any atom is -0.443 e. The first kappa shape index (κ1) is 42.6. The SMILES string of the molecule is Cc1ccc(Cn2cc(C(=O)Nc3cc(-c4cc5cc(C(O[Si](C)C)C(C)(C)C)ccc5n4C(=O)OC(C)(C)C)c(=O)n(COCC[Si](C)(C)C)c3)cn2)cc1. The summed E-state index contributed by atoms with van der Waals surface area (Å²) < 4.78 is 23.1. The topological polar surface area (TPSA) is 119 Å². The van der Waals surface area contributed by atoms with Gasteiger partial charge in [0.2, 0.25) is 9.04 Å². The van der Waals surface area contributed by atoms with Crippen LogP contribution < -0.4 is 10.9 Å². The Labute approximate surface area is 333 Å². The van der Waals surface area contributed by atoms with E-state index in [9.17, 15) is 14.4 Å². The lowest BCUT2D eigenvalue weighted by Gasteiger charge is -2.33. The van der Waals surface area contributed by atoms with Crippen LogP contribution in [-0.2, 0) is 27.2 Å². The predicted molar refractivity (Wildman–Crippen MR) is 229 cm³/mol. The summed E-state index contributed by atoms with van der Waals surface area (Å²) in [5.41, 5.74) is 3.65. The van der Waals surface area contributed by atoms with Crippen LogP contribution in [-0.4, -0.2) is 60.2 Å². The van der Waals surface area contributed by atoms with E-state index in [1.807, 2.05) is 55.5 Å². The standard InChI is InChI=1S/C43H58N5O6Si2/c1-29-13-15-30(16-14-29)25-47-26-33(24-44-47)39(49)45-34-23-35(40(50)46(27-34)28-52-19-20-56(10,11)12)37-22-32-21-31(38(42(2,3)4)54-55(8)9)17-18-36(32)48(37)41(51)53-43(5,6)7/h13-18,21-24,26-27,38H,19-20,25,28H2,1-12H3,(H,45,49). The molecule has 1 atom stereocenters. The number of hydrogen-bond donors (Lipinski definition) is 1.